The zero-order valence-electron chi connectivity index (χ0n) is 16.4. The highest BCUT2D eigenvalue weighted by molar-refractivity contribution is 7.90. The van der Waals surface area contributed by atoms with E-state index in [1.165, 1.54) is 23.0 Å². The fourth-order valence-corrected chi connectivity index (χ4v) is 4.06. The van der Waals surface area contributed by atoms with Gasteiger partial charge >= 0.3 is 6.03 Å². The summed E-state index contributed by atoms with van der Waals surface area (Å²) in [5, 5.41) is 17.9. The van der Waals surface area contributed by atoms with Gasteiger partial charge in [0.25, 0.3) is 10.0 Å². The third-order valence-electron chi connectivity index (χ3n) is 4.67. The van der Waals surface area contributed by atoms with Crippen molar-refractivity contribution in [2.45, 2.75) is 11.8 Å². The van der Waals surface area contributed by atoms with Crippen LogP contribution in [-0.4, -0.2) is 24.2 Å². The van der Waals surface area contributed by atoms with E-state index in [-0.39, 0.29) is 16.3 Å². The maximum Gasteiger partial charge on any atom is 0.334 e. The Kier molecular flexibility index (Phi) is 5.15. The van der Waals surface area contributed by atoms with Gasteiger partial charge in [0.05, 0.1) is 16.8 Å². The van der Waals surface area contributed by atoms with Crippen molar-refractivity contribution in [1.82, 2.24) is 14.5 Å². The van der Waals surface area contributed by atoms with Crippen LogP contribution in [0.5, 0.6) is 0 Å². The van der Waals surface area contributed by atoms with Gasteiger partial charge in [-0.05, 0) is 30.5 Å². The fraction of sp³-hybridized carbons (Fsp3) is 0.0455. The monoisotopic (exact) mass is 431 g/mol. The fourth-order valence-electron chi connectivity index (χ4n) is 3.16. The second-order valence-electron chi connectivity index (χ2n) is 6.80. The second kappa shape index (κ2) is 7.93. The average molecular weight is 431 g/mol. The Bertz CT molecular complexity index is 1430. The van der Waals surface area contributed by atoms with E-state index in [2.05, 4.69) is 10.4 Å². The summed E-state index contributed by atoms with van der Waals surface area (Å²) in [7, 11) is -4.09. The highest BCUT2D eigenvalue weighted by atomic mass is 32.2. The number of benzene rings is 3. The van der Waals surface area contributed by atoms with Crippen LogP contribution in [0, 0.1) is 18.3 Å². The highest BCUT2D eigenvalue weighted by Gasteiger charge is 2.21. The normalized spacial score (nSPS) is 11.1. The quantitative estimate of drug-likeness (QED) is 0.511. The van der Waals surface area contributed by atoms with Gasteiger partial charge in [-0.15, -0.1) is 0 Å². The molecule has 0 bridgehead atoms. The molecule has 8 nitrogen and oxygen atoms in total. The number of nitrogens with one attached hydrogen (secondary N) is 2. The highest BCUT2D eigenvalue weighted by Crippen LogP contribution is 2.26. The molecule has 0 saturated heterocycles. The van der Waals surface area contributed by atoms with Crippen molar-refractivity contribution >= 4 is 32.6 Å². The number of nitriles is 1. The summed E-state index contributed by atoms with van der Waals surface area (Å²) in [6, 6.07) is 20.2. The number of aromatic nitrogens is 2. The molecule has 0 radical (unpaired) electrons. The van der Waals surface area contributed by atoms with E-state index in [0.29, 0.717) is 5.69 Å². The Morgan fingerprint density at radius 3 is 2.48 bits per heavy atom. The molecule has 3 aromatic carbocycles. The first kappa shape index (κ1) is 20.1. The van der Waals surface area contributed by atoms with Crippen molar-refractivity contribution in [2.75, 3.05) is 5.32 Å². The van der Waals surface area contributed by atoms with E-state index in [4.69, 9.17) is 0 Å². The molecule has 2 N–H and O–H groups in total. The van der Waals surface area contributed by atoms with Crippen molar-refractivity contribution in [3.8, 4) is 11.8 Å². The maximum absolute atomic E-state index is 12.5. The number of anilines is 1. The molecule has 0 fully saturated rings. The smallest absolute Gasteiger partial charge is 0.290 e. The summed E-state index contributed by atoms with van der Waals surface area (Å²) in [5.74, 6) is 0.0652. The van der Waals surface area contributed by atoms with Gasteiger partial charge in [-0.1, -0.05) is 54.1 Å². The summed E-state index contributed by atoms with van der Waals surface area (Å²) < 4.78 is 28.4. The number of nitrogens with zero attached hydrogens (tertiary/aromatic N) is 3. The van der Waals surface area contributed by atoms with Gasteiger partial charge in [-0.2, -0.15) is 10.4 Å². The van der Waals surface area contributed by atoms with Crippen LogP contribution in [0.3, 0.4) is 0 Å². The van der Waals surface area contributed by atoms with Crippen LogP contribution in [-0.2, 0) is 10.0 Å². The first-order valence-electron chi connectivity index (χ1n) is 9.26. The maximum atomic E-state index is 12.5. The predicted octanol–water partition coefficient (Wildman–Crippen LogP) is 3.72. The molecule has 0 spiro atoms. The molecule has 1 aromatic heterocycles. The molecule has 0 aliphatic rings. The number of hydrogen-bond donors (Lipinski definition) is 2. The number of hydrogen-bond acceptors (Lipinski definition) is 5. The summed E-state index contributed by atoms with van der Waals surface area (Å²) in [6.45, 7) is 1.83. The van der Waals surface area contributed by atoms with Gasteiger partial charge < -0.3 is 0 Å². The van der Waals surface area contributed by atoms with Gasteiger partial charge in [0.15, 0.2) is 5.82 Å². The lowest BCUT2D eigenvalue weighted by Gasteiger charge is -2.13. The summed E-state index contributed by atoms with van der Waals surface area (Å²) in [5.41, 5.74) is 1.62. The Morgan fingerprint density at radius 1 is 1.03 bits per heavy atom. The van der Waals surface area contributed by atoms with Crippen LogP contribution in [0.25, 0.3) is 16.5 Å². The summed E-state index contributed by atoms with van der Waals surface area (Å²) in [4.78, 5) is 12.5. The van der Waals surface area contributed by atoms with Crippen LogP contribution in [0.2, 0.25) is 0 Å². The van der Waals surface area contributed by atoms with Gasteiger partial charge in [0.1, 0.15) is 11.6 Å². The van der Waals surface area contributed by atoms with Gasteiger partial charge in [0, 0.05) is 5.39 Å². The molecule has 0 atom stereocenters. The molecule has 0 aliphatic carbocycles. The van der Waals surface area contributed by atoms with Crippen LogP contribution >= 0.6 is 0 Å². The van der Waals surface area contributed by atoms with E-state index in [9.17, 15) is 18.5 Å². The lowest BCUT2D eigenvalue weighted by Crippen LogP contribution is -2.35. The van der Waals surface area contributed by atoms with Crippen LogP contribution in [0.15, 0.2) is 77.8 Å². The van der Waals surface area contributed by atoms with Crippen LogP contribution in [0.1, 0.15) is 11.1 Å². The number of amides is 2. The molecular formula is C22H17N5O3S. The number of carbonyl (C=O) groups is 1. The van der Waals surface area contributed by atoms with Gasteiger partial charge in [-0.25, -0.2) is 22.6 Å². The molecule has 4 rings (SSSR count). The van der Waals surface area contributed by atoms with Gasteiger partial charge in [0.2, 0.25) is 0 Å². The molecule has 0 unspecified atom stereocenters. The van der Waals surface area contributed by atoms with Crippen molar-refractivity contribution in [2.24, 2.45) is 0 Å². The van der Waals surface area contributed by atoms with E-state index < -0.39 is 16.1 Å². The van der Waals surface area contributed by atoms with E-state index in [0.717, 1.165) is 16.3 Å². The number of aryl methyl sites for hydroxylation is 1. The molecule has 0 aliphatic heterocycles. The Balaban J connectivity index is 1.68. The Labute approximate surface area is 178 Å². The summed E-state index contributed by atoms with van der Waals surface area (Å²) >= 11 is 0. The molecule has 4 aromatic rings. The minimum Gasteiger partial charge on any atom is -0.290 e. The molecule has 31 heavy (non-hydrogen) atoms. The third kappa shape index (κ3) is 3.97. The Hall–Kier alpha value is -4.16. The van der Waals surface area contributed by atoms with Crippen molar-refractivity contribution in [3.63, 3.8) is 0 Å². The second-order valence-corrected chi connectivity index (χ2v) is 8.48. The summed E-state index contributed by atoms with van der Waals surface area (Å²) in [6.07, 6.45) is 1.31. The standard InChI is InChI=1S/C22H17N5O3S/c1-15-9-11-18(12-10-15)31(29,30)26-22(28)25-21-17(13-23)14-24-27(21)20-8-4-6-16-5-2-3-7-19(16)20/h2-12,14H,1H3,(H2,25,26,28). The molecule has 154 valence electrons. The van der Waals surface area contributed by atoms with Crippen LogP contribution < -0.4 is 10.0 Å². The van der Waals surface area contributed by atoms with Crippen molar-refractivity contribution in [3.05, 3.63) is 84.1 Å². The lowest BCUT2D eigenvalue weighted by atomic mass is 10.1. The number of sulfonamides is 1. The van der Waals surface area contributed by atoms with E-state index in [1.54, 1.807) is 18.2 Å². The predicted molar refractivity (Wildman–Crippen MR) is 116 cm³/mol. The molecule has 2 amide bonds. The van der Waals surface area contributed by atoms with E-state index >= 15 is 0 Å². The van der Waals surface area contributed by atoms with Gasteiger partial charge in [-0.3, -0.25) is 5.32 Å². The average Bonchev–Trinajstić information content (AvgIpc) is 3.15. The first-order chi connectivity index (χ1) is 14.9. The zero-order chi connectivity index (χ0) is 22.0. The topological polar surface area (TPSA) is 117 Å². The number of carbonyl (C=O) groups excluding carboxylic acids is 1. The zero-order valence-corrected chi connectivity index (χ0v) is 17.2. The lowest BCUT2D eigenvalue weighted by molar-refractivity contribution is 0.256. The largest absolute Gasteiger partial charge is 0.334 e. The molecule has 9 heteroatoms. The van der Waals surface area contributed by atoms with Crippen molar-refractivity contribution in [1.29, 1.82) is 5.26 Å². The third-order valence-corrected chi connectivity index (χ3v) is 6.02. The molecular weight excluding hydrogens is 414 g/mol. The Morgan fingerprint density at radius 2 is 1.74 bits per heavy atom. The molecule has 1 heterocycles. The SMILES string of the molecule is Cc1ccc(S(=O)(=O)NC(=O)Nc2c(C#N)cnn2-c2cccc3ccccc23)cc1. The first-order valence-corrected chi connectivity index (χ1v) is 10.7. The van der Waals surface area contributed by atoms with Crippen molar-refractivity contribution < 1.29 is 13.2 Å². The minimum atomic E-state index is -4.09. The van der Waals surface area contributed by atoms with E-state index in [1.807, 2.05) is 54.1 Å². The number of fused-ring (bicyclic) bond motifs is 1. The minimum absolute atomic E-state index is 0.0451. The van der Waals surface area contributed by atoms with Crippen LogP contribution in [0.4, 0.5) is 10.6 Å². The molecule has 0 saturated carbocycles. The number of rotatable bonds is 4. The number of urea groups is 1.